The number of halogens is 3. The minimum atomic E-state index is -3.11. The van der Waals surface area contributed by atoms with E-state index < -0.39 is 60.4 Å². The smallest absolute Gasteiger partial charge is 0.317 e. The van der Waals surface area contributed by atoms with Crippen molar-refractivity contribution in [2.75, 3.05) is 131 Å². The van der Waals surface area contributed by atoms with Crippen molar-refractivity contribution in [2.24, 2.45) is 11.8 Å². The molecule has 4 atom stereocenters. The number of hydrogen-bond donors (Lipinski definition) is 4. The van der Waals surface area contributed by atoms with Gasteiger partial charge in [-0.3, -0.25) is 77.4 Å². The first-order valence-corrected chi connectivity index (χ1v) is 34.9. The van der Waals surface area contributed by atoms with E-state index in [0.717, 1.165) is 47.0 Å². The number of alkyl halides is 2. The maximum absolute atomic E-state index is 14.2. The number of thioether (sulfide) groups is 1. The van der Waals surface area contributed by atoms with Crippen molar-refractivity contribution in [3.63, 3.8) is 0 Å². The first kappa shape index (κ1) is 76.3. The number of carboxylic acid groups (broad SMARTS) is 1. The first-order valence-electron chi connectivity index (χ1n) is 32.9. The van der Waals surface area contributed by atoms with Gasteiger partial charge in [0.15, 0.2) is 0 Å². The van der Waals surface area contributed by atoms with Crippen LogP contribution in [0.2, 0.25) is 0 Å². The Morgan fingerprint density at radius 2 is 1.49 bits per heavy atom. The van der Waals surface area contributed by atoms with Crippen molar-refractivity contribution in [1.29, 1.82) is 0 Å². The zero-order valence-corrected chi connectivity index (χ0v) is 57.5. The van der Waals surface area contributed by atoms with E-state index in [1.807, 2.05) is 26.8 Å². The highest BCUT2D eigenvalue weighted by molar-refractivity contribution is 14.1. The lowest BCUT2D eigenvalue weighted by molar-refractivity contribution is -0.143. The minimum absolute atomic E-state index is 0.00469. The van der Waals surface area contributed by atoms with E-state index in [1.165, 1.54) is 34.5 Å². The second kappa shape index (κ2) is 39.3. The highest BCUT2D eigenvalue weighted by atomic mass is 127. The average Bonchev–Trinajstić information content (AvgIpc) is 1.23. The molecule has 2 unspecified atom stereocenters. The van der Waals surface area contributed by atoms with Gasteiger partial charge in [0.25, 0.3) is 24.8 Å². The molecule has 0 radical (unpaired) electrons. The number of carboxylic acids is 1. The highest BCUT2D eigenvalue weighted by Gasteiger charge is 2.46. The number of nitrogens with one attached hydrogen (secondary N) is 3. The molecule has 29 heteroatoms. The van der Waals surface area contributed by atoms with Crippen molar-refractivity contribution in [1.82, 2.24) is 55.2 Å². The third-order valence-electron chi connectivity index (χ3n) is 17.7. The van der Waals surface area contributed by atoms with Crippen LogP contribution >= 0.6 is 34.4 Å². The van der Waals surface area contributed by atoms with E-state index in [1.54, 1.807) is 34.9 Å². The van der Waals surface area contributed by atoms with E-state index in [0.29, 0.717) is 146 Å². The monoisotopic (exact) mass is 1470 g/mol. The van der Waals surface area contributed by atoms with Gasteiger partial charge in [0.05, 0.1) is 61.1 Å². The fraction of sp³-hybridized carbons (Fsp3) is 0.597. The molecule has 524 valence electrons. The number of aliphatic carboxylic acids is 1. The average molecular weight is 1470 g/mol. The molecule has 4 N–H and O–H groups in total. The number of carbonyl (C=O) groups is 10. The van der Waals surface area contributed by atoms with E-state index >= 15 is 0 Å². The molecule has 4 saturated heterocycles. The Labute approximate surface area is 577 Å². The summed E-state index contributed by atoms with van der Waals surface area (Å²) in [5.74, 6) is -4.25. The Morgan fingerprint density at radius 3 is 2.15 bits per heavy atom. The molecule has 4 aliphatic heterocycles. The largest absolute Gasteiger partial charge is 0.494 e. The summed E-state index contributed by atoms with van der Waals surface area (Å²) >= 11 is 3.60. The lowest BCUT2D eigenvalue weighted by Crippen LogP contribution is -2.49. The number of terminal acetylenes is 1. The Kier molecular flexibility index (Phi) is 31.2. The number of piperidine rings is 1. The summed E-state index contributed by atoms with van der Waals surface area (Å²) in [5.41, 5.74) is 1.92. The zero-order chi connectivity index (χ0) is 69.0. The van der Waals surface area contributed by atoms with Crippen molar-refractivity contribution in [3.8, 4) is 18.1 Å². The predicted octanol–water partition coefficient (Wildman–Crippen LogP) is 4.08. The number of amides is 7. The number of aryl methyl sites for hydroxylation is 1. The summed E-state index contributed by atoms with van der Waals surface area (Å²) in [6, 6.07) is 13.8. The number of hydrogen-bond acceptors (Lipinski definition) is 19. The molecule has 0 bridgehead atoms. The molecule has 7 amide bonds. The lowest BCUT2D eigenvalue weighted by atomic mass is 9.91. The first-order chi connectivity index (χ1) is 46.2. The van der Waals surface area contributed by atoms with Crippen molar-refractivity contribution in [3.05, 3.63) is 69.4 Å². The molecule has 3 aromatic rings. The molecule has 96 heavy (non-hydrogen) atoms. The van der Waals surface area contributed by atoms with Gasteiger partial charge in [0, 0.05) is 125 Å². The highest BCUT2D eigenvalue weighted by Crippen LogP contribution is 2.34. The molecular formula is C67H90F2IN11O14S. The molecule has 7 rings (SSSR count). The van der Waals surface area contributed by atoms with Crippen molar-refractivity contribution in [2.45, 2.75) is 113 Å². The molecule has 0 saturated carbocycles. The van der Waals surface area contributed by atoms with Gasteiger partial charge in [0.2, 0.25) is 35.4 Å². The van der Waals surface area contributed by atoms with Crippen LogP contribution < -0.4 is 20.7 Å². The van der Waals surface area contributed by atoms with Gasteiger partial charge in [-0.15, -0.1) is 18.2 Å². The number of aromatic nitrogens is 1. The van der Waals surface area contributed by atoms with E-state index in [4.69, 9.17) is 20.6 Å². The number of rotatable bonds is 35. The zero-order valence-electron chi connectivity index (χ0n) is 54.5. The number of nitrogens with zero attached hydrogens (tertiary/aromatic N) is 8. The van der Waals surface area contributed by atoms with E-state index in [2.05, 4.69) is 61.6 Å². The number of unbranched alkanes of at least 4 members (excludes halogenated alkanes) is 2. The normalized spacial score (nSPS) is 19.3. The third kappa shape index (κ3) is 25.1. The lowest BCUT2D eigenvalue weighted by Gasteiger charge is -2.34. The summed E-state index contributed by atoms with van der Waals surface area (Å²) in [6.07, 6.45) is 13.9. The van der Waals surface area contributed by atoms with Crippen LogP contribution in [0.15, 0.2) is 54.7 Å². The Bertz CT molecular complexity index is 3160. The molecule has 4 aliphatic rings. The Balaban J connectivity index is 0.877. The second-order valence-corrected chi connectivity index (χ2v) is 27.6. The molecule has 4 fully saturated rings. The van der Waals surface area contributed by atoms with Crippen LogP contribution in [0, 0.1) is 27.7 Å². The SMILES string of the molecule is C#C[C@H]1CC(F)(F)CN1C(=O)CNC(=O)c1ccnc2ccc(OCCCC3CCN(C(=O)[C@H](C)CN4C(=O)CC(SC(CCCCCNC(=O)CCCc5ccc(I)cc5)CNC(=O)CN5CCN(COC=O)CCN(COC=O)CCN(CC(=O)O)CC5)C4=O)CC3)cc12. The van der Waals surface area contributed by atoms with Gasteiger partial charge in [-0.2, -0.15) is 0 Å². The summed E-state index contributed by atoms with van der Waals surface area (Å²) in [4.78, 5) is 144. The summed E-state index contributed by atoms with van der Waals surface area (Å²) in [6.45, 7) is 5.73. The van der Waals surface area contributed by atoms with Gasteiger partial charge in [-0.1, -0.05) is 37.8 Å². The second-order valence-electron chi connectivity index (χ2n) is 24.9. The summed E-state index contributed by atoms with van der Waals surface area (Å²) in [5, 5.41) is 17.8. The van der Waals surface area contributed by atoms with Gasteiger partial charge in [0.1, 0.15) is 19.2 Å². The quantitative estimate of drug-likeness (QED) is 0.0212. The van der Waals surface area contributed by atoms with Gasteiger partial charge < -0.3 is 45.1 Å². The standard InChI is InChI=1S/C67H90F2IN11O14S/c1-3-52-37-67(68,69)43-81(52)62(87)39-74-64(90)55-19-23-71-57-18-17-53(35-56(55)57)95-34-8-10-50-20-24-79(25-21-50)65(91)48(2)40-80-61(86)36-58(66(80)92)96-54(11-5-4-6-22-72-59(84)12-7-9-49-13-15-51(70)16-14-49)38-73-60(85)41-75-26-27-76(42-63(88)89)29-31-78(45-94-47-83)33-32-77(30-28-75)44-93-46-82/h1,13-19,23,35,46-48,50,52,54,58H,4-12,20-22,24-34,36-45H2,2H3,(H,72,84)(H,73,85)(H,74,90)(H,88,89)/t48-,52+,54?,58?/m1/s1. The molecule has 25 nitrogen and oxygen atoms in total. The number of pyridine rings is 1. The Morgan fingerprint density at radius 1 is 0.823 bits per heavy atom. The number of likely N-dealkylation sites (tertiary alicyclic amines) is 3. The number of benzene rings is 2. The van der Waals surface area contributed by atoms with Crippen LogP contribution in [0.25, 0.3) is 10.9 Å². The van der Waals surface area contributed by atoms with Crippen LogP contribution in [0.4, 0.5) is 8.78 Å². The minimum Gasteiger partial charge on any atom is -0.494 e. The number of imide groups is 1. The Hall–Kier alpha value is -7.11. The third-order valence-corrected chi connectivity index (χ3v) is 19.9. The number of carbonyl (C=O) groups excluding carboxylic acids is 9. The summed E-state index contributed by atoms with van der Waals surface area (Å²) in [7, 11) is 0. The van der Waals surface area contributed by atoms with E-state index in [9.17, 15) is 61.8 Å². The number of ether oxygens (including phenoxy) is 3. The molecular weight excluding hydrogens is 1380 g/mol. The van der Waals surface area contributed by atoms with Gasteiger partial charge in [-0.05, 0) is 122 Å². The van der Waals surface area contributed by atoms with E-state index in [-0.39, 0.29) is 86.4 Å². The fourth-order valence-electron chi connectivity index (χ4n) is 12.3. The van der Waals surface area contributed by atoms with Crippen LogP contribution in [0.3, 0.4) is 0 Å². The predicted molar refractivity (Wildman–Crippen MR) is 362 cm³/mol. The summed E-state index contributed by atoms with van der Waals surface area (Å²) < 4.78 is 45.4. The molecule has 0 spiro atoms. The molecule has 2 aromatic carbocycles. The molecule has 1 aromatic heterocycles. The molecule has 5 heterocycles. The maximum atomic E-state index is 14.2. The fourth-order valence-corrected chi connectivity index (χ4v) is 14.0. The van der Waals surface area contributed by atoms with Crippen LogP contribution in [0.1, 0.15) is 99.9 Å². The topological polar surface area (TPSA) is 290 Å². The van der Waals surface area contributed by atoms with Gasteiger partial charge in [-0.25, -0.2) is 8.78 Å². The number of fused-ring (bicyclic) bond motifs is 1. The van der Waals surface area contributed by atoms with Crippen molar-refractivity contribution < 1.29 is 76.0 Å². The van der Waals surface area contributed by atoms with Crippen LogP contribution in [-0.4, -0.2) is 258 Å². The van der Waals surface area contributed by atoms with Gasteiger partial charge >= 0.3 is 5.97 Å². The molecule has 0 aliphatic carbocycles. The van der Waals surface area contributed by atoms with Crippen LogP contribution in [-0.2, 0) is 59.0 Å². The van der Waals surface area contributed by atoms with Crippen LogP contribution in [0.5, 0.6) is 5.75 Å². The maximum Gasteiger partial charge on any atom is 0.317 e. The van der Waals surface area contributed by atoms with Crippen molar-refractivity contribution >= 4 is 106 Å².